The molecule has 1 N–H and O–H groups in total. The van der Waals surface area contributed by atoms with Crippen molar-refractivity contribution in [1.29, 1.82) is 0 Å². The molecule has 4 nitrogen and oxygen atoms in total. The van der Waals surface area contributed by atoms with Gasteiger partial charge in [0, 0.05) is 11.6 Å². The molecule has 0 aliphatic heterocycles. The van der Waals surface area contributed by atoms with Gasteiger partial charge >= 0.3 is 4.94 Å². The smallest absolute Gasteiger partial charge is 0.396 e. The molecule has 0 bridgehead atoms. The Morgan fingerprint density at radius 1 is 1.50 bits per heavy atom. The van der Waals surface area contributed by atoms with Crippen molar-refractivity contribution < 1.29 is 14.3 Å². The predicted molar refractivity (Wildman–Crippen MR) is 60.0 cm³/mol. The van der Waals surface area contributed by atoms with Gasteiger partial charge in [-0.05, 0) is 18.9 Å². The molecule has 3 rings (SSSR count). The Morgan fingerprint density at radius 3 is 2.88 bits per heavy atom. The van der Waals surface area contributed by atoms with E-state index in [2.05, 4.69) is 0 Å². The lowest BCUT2D eigenvalue weighted by Gasteiger charge is -2.12. The molecule has 1 fully saturated rings. The van der Waals surface area contributed by atoms with Crippen LogP contribution in [0.5, 0.6) is 5.75 Å². The maximum Gasteiger partial charge on any atom is 0.396 e. The van der Waals surface area contributed by atoms with Crippen LogP contribution in [0.3, 0.4) is 0 Å². The standard InChI is InChI=1S/C11H10O4S/c1-14-7-5-9-8(15-10(12)16-9)4-6(7)11(13)2-3-11/h4-5,13H,2-3H2,1H3. The first-order chi connectivity index (χ1) is 7.62. The van der Waals surface area contributed by atoms with Crippen molar-refractivity contribution >= 4 is 21.6 Å². The van der Waals surface area contributed by atoms with Gasteiger partial charge in [-0.25, -0.2) is 4.79 Å². The number of hydrogen-bond acceptors (Lipinski definition) is 5. The summed E-state index contributed by atoms with van der Waals surface area (Å²) in [5.74, 6) is 0.615. The summed E-state index contributed by atoms with van der Waals surface area (Å²) in [6.45, 7) is 0. The van der Waals surface area contributed by atoms with Gasteiger partial charge in [0.1, 0.15) is 11.3 Å². The van der Waals surface area contributed by atoms with E-state index < -0.39 is 5.60 Å². The van der Waals surface area contributed by atoms with Gasteiger partial charge in [0.25, 0.3) is 0 Å². The Kier molecular flexibility index (Phi) is 1.90. The summed E-state index contributed by atoms with van der Waals surface area (Å²) >= 11 is 1.04. The molecule has 1 aliphatic rings. The monoisotopic (exact) mass is 238 g/mol. The van der Waals surface area contributed by atoms with Crippen molar-refractivity contribution in [3.05, 3.63) is 27.4 Å². The first kappa shape index (κ1) is 9.86. The molecule has 2 aromatic rings. The Bertz CT molecular complexity index is 606. The molecule has 1 aliphatic carbocycles. The molecule has 0 unspecified atom stereocenters. The average Bonchev–Trinajstić information content (AvgIpc) is 2.89. The van der Waals surface area contributed by atoms with Crippen LogP contribution in [0, 0.1) is 0 Å². The maximum absolute atomic E-state index is 11.1. The summed E-state index contributed by atoms with van der Waals surface area (Å²) in [7, 11) is 1.55. The topological polar surface area (TPSA) is 59.7 Å². The lowest BCUT2D eigenvalue weighted by molar-refractivity contribution is 0.147. The van der Waals surface area contributed by atoms with Gasteiger partial charge in [0.2, 0.25) is 0 Å². The van der Waals surface area contributed by atoms with Crippen molar-refractivity contribution in [2.75, 3.05) is 7.11 Å². The van der Waals surface area contributed by atoms with Gasteiger partial charge in [-0.3, -0.25) is 0 Å². The molecule has 1 aromatic heterocycles. The number of hydrogen-bond donors (Lipinski definition) is 1. The molecule has 0 saturated heterocycles. The summed E-state index contributed by atoms with van der Waals surface area (Å²) in [4.78, 5) is 10.8. The first-order valence-corrected chi connectivity index (χ1v) is 5.78. The normalized spacial score (nSPS) is 17.6. The van der Waals surface area contributed by atoms with Crippen molar-refractivity contribution in [1.82, 2.24) is 0 Å². The summed E-state index contributed by atoms with van der Waals surface area (Å²) in [6, 6.07) is 3.45. The molecular formula is C11H10O4S. The fourth-order valence-electron chi connectivity index (χ4n) is 1.82. The summed E-state index contributed by atoms with van der Waals surface area (Å²) in [5.41, 5.74) is 0.440. The van der Waals surface area contributed by atoms with Crippen LogP contribution in [0.1, 0.15) is 18.4 Å². The Morgan fingerprint density at radius 2 is 2.25 bits per heavy atom. The van der Waals surface area contributed by atoms with E-state index in [-0.39, 0.29) is 4.94 Å². The maximum atomic E-state index is 11.1. The lowest BCUT2D eigenvalue weighted by Crippen LogP contribution is -2.06. The van der Waals surface area contributed by atoms with Gasteiger partial charge in [-0.15, -0.1) is 0 Å². The highest BCUT2D eigenvalue weighted by molar-refractivity contribution is 7.16. The van der Waals surface area contributed by atoms with Crippen LogP contribution >= 0.6 is 11.3 Å². The van der Waals surface area contributed by atoms with Crippen LogP contribution in [-0.4, -0.2) is 12.2 Å². The van der Waals surface area contributed by atoms with Crippen LogP contribution in [0.2, 0.25) is 0 Å². The number of ether oxygens (including phenoxy) is 1. The van der Waals surface area contributed by atoms with E-state index in [4.69, 9.17) is 9.15 Å². The SMILES string of the molecule is COc1cc2sc(=O)oc2cc1C1(O)CC1. The summed E-state index contributed by atoms with van der Waals surface area (Å²) in [6.07, 6.45) is 1.45. The van der Waals surface area contributed by atoms with Gasteiger partial charge < -0.3 is 14.3 Å². The minimum atomic E-state index is -0.792. The Balaban J connectivity index is 2.29. The van der Waals surface area contributed by atoms with E-state index in [1.807, 2.05) is 0 Å². The van der Waals surface area contributed by atoms with Crippen molar-refractivity contribution in [2.45, 2.75) is 18.4 Å². The molecule has 0 radical (unpaired) electrons. The van der Waals surface area contributed by atoms with Crippen molar-refractivity contribution in [2.24, 2.45) is 0 Å². The van der Waals surface area contributed by atoms with Gasteiger partial charge in [-0.1, -0.05) is 11.3 Å². The molecule has 16 heavy (non-hydrogen) atoms. The molecular weight excluding hydrogens is 228 g/mol. The molecule has 1 heterocycles. The van der Waals surface area contributed by atoms with Crippen LogP contribution in [0.25, 0.3) is 10.3 Å². The van der Waals surface area contributed by atoms with Gasteiger partial charge in [0.15, 0.2) is 0 Å². The van der Waals surface area contributed by atoms with Crippen LogP contribution in [0.4, 0.5) is 0 Å². The molecule has 5 heteroatoms. The molecule has 84 valence electrons. The van der Waals surface area contributed by atoms with E-state index >= 15 is 0 Å². The van der Waals surface area contributed by atoms with Crippen LogP contribution in [0.15, 0.2) is 21.3 Å². The molecule has 1 aromatic carbocycles. The second-order valence-corrected chi connectivity index (χ2v) is 4.96. The number of methoxy groups -OCH3 is 1. The second-order valence-electron chi connectivity index (χ2n) is 3.98. The number of aliphatic hydroxyl groups is 1. The Hall–Kier alpha value is -1.33. The highest BCUT2D eigenvalue weighted by Gasteiger charge is 2.44. The van der Waals surface area contributed by atoms with Crippen molar-refractivity contribution in [3.8, 4) is 5.75 Å². The Labute approximate surface area is 95.1 Å². The summed E-state index contributed by atoms with van der Waals surface area (Å²) < 4.78 is 11.0. The summed E-state index contributed by atoms with van der Waals surface area (Å²) in [5, 5.41) is 10.1. The van der Waals surface area contributed by atoms with Crippen LogP contribution in [-0.2, 0) is 5.60 Å². The fraction of sp³-hybridized carbons (Fsp3) is 0.364. The average molecular weight is 238 g/mol. The molecule has 0 spiro atoms. The van der Waals surface area contributed by atoms with Crippen molar-refractivity contribution in [3.63, 3.8) is 0 Å². The first-order valence-electron chi connectivity index (χ1n) is 4.97. The third kappa shape index (κ3) is 1.36. The zero-order valence-electron chi connectivity index (χ0n) is 8.65. The quantitative estimate of drug-likeness (QED) is 0.867. The molecule has 0 atom stereocenters. The zero-order valence-corrected chi connectivity index (χ0v) is 9.47. The fourth-order valence-corrected chi connectivity index (χ4v) is 2.50. The lowest BCUT2D eigenvalue weighted by atomic mass is 10.1. The minimum absolute atomic E-state index is 0.336. The van der Waals surface area contributed by atoms with E-state index in [9.17, 15) is 9.90 Å². The third-order valence-corrected chi connectivity index (χ3v) is 3.67. The van der Waals surface area contributed by atoms with Gasteiger partial charge in [-0.2, -0.15) is 0 Å². The number of rotatable bonds is 2. The predicted octanol–water partition coefficient (Wildman–Crippen LogP) is 1.84. The number of fused-ring (bicyclic) bond motifs is 1. The van der Waals surface area contributed by atoms with E-state index in [0.29, 0.717) is 16.9 Å². The van der Waals surface area contributed by atoms with Crippen LogP contribution < -0.4 is 9.68 Å². The van der Waals surface area contributed by atoms with Gasteiger partial charge in [0.05, 0.1) is 17.4 Å². The minimum Gasteiger partial charge on any atom is -0.496 e. The highest BCUT2D eigenvalue weighted by Crippen LogP contribution is 2.49. The highest BCUT2D eigenvalue weighted by atomic mass is 32.1. The zero-order chi connectivity index (χ0) is 11.3. The molecule has 1 saturated carbocycles. The second kappa shape index (κ2) is 3.09. The largest absolute Gasteiger partial charge is 0.496 e. The molecule has 0 amide bonds. The third-order valence-electron chi connectivity index (χ3n) is 2.88. The van der Waals surface area contributed by atoms with E-state index in [1.165, 1.54) is 0 Å². The van der Waals surface area contributed by atoms with E-state index in [1.54, 1.807) is 19.2 Å². The van der Waals surface area contributed by atoms with E-state index in [0.717, 1.165) is 28.9 Å². The number of benzene rings is 1.